The molecule has 1 fully saturated rings. The summed E-state index contributed by atoms with van der Waals surface area (Å²) in [6.45, 7) is 4.87. The summed E-state index contributed by atoms with van der Waals surface area (Å²) in [5.41, 5.74) is 4.04. The molecule has 1 aromatic rings. The lowest BCUT2D eigenvalue weighted by Gasteiger charge is -2.29. The SMILES string of the molecule is COc1cc(C)c2c(c1)[C@@H]1CNC[C@H]1OC2. The smallest absolute Gasteiger partial charge is 0.119 e. The highest BCUT2D eigenvalue weighted by Gasteiger charge is 2.35. The molecule has 16 heavy (non-hydrogen) atoms. The number of methoxy groups -OCH3 is 1. The Kier molecular flexibility index (Phi) is 2.37. The van der Waals surface area contributed by atoms with E-state index in [0.717, 1.165) is 25.4 Å². The predicted octanol–water partition coefficient (Wildman–Crippen LogP) is 1.59. The molecule has 0 saturated carbocycles. The summed E-state index contributed by atoms with van der Waals surface area (Å²) in [5, 5.41) is 3.40. The van der Waals surface area contributed by atoms with Gasteiger partial charge < -0.3 is 14.8 Å². The van der Waals surface area contributed by atoms with Crippen LogP contribution in [0.5, 0.6) is 5.75 Å². The van der Waals surface area contributed by atoms with Gasteiger partial charge in [-0.05, 0) is 35.7 Å². The molecule has 1 saturated heterocycles. The maximum atomic E-state index is 5.88. The molecule has 0 radical (unpaired) electrons. The van der Waals surface area contributed by atoms with E-state index in [4.69, 9.17) is 9.47 Å². The summed E-state index contributed by atoms with van der Waals surface area (Å²) in [6.07, 6.45) is 0.346. The van der Waals surface area contributed by atoms with Gasteiger partial charge in [0.15, 0.2) is 0 Å². The van der Waals surface area contributed by atoms with Crippen LogP contribution in [-0.4, -0.2) is 26.3 Å². The van der Waals surface area contributed by atoms with Crippen LogP contribution in [0.4, 0.5) is 0 Å². The monoisotopic (exact) mass is 219 g/mol. The van der Waals surface area contributed by atoms with Crippen LogP contribution in [0.2, 0.25) is 0 Å². The third-order valence-corrected chi connectivity index (χ3v) is 3.72. The molecular formula is C13H17NO2. The molecule has 3 nitrogen and oxygen atoms in total. The standard InChI is InChI=1S/C13H17NO2/c1-8-3-9(15-2)4-10-11-5-14-6-13(11)16-7-12(8)10/h3-4,11,13-14H,5-7H2,1-2H3/t11-,13+/m0/s1. The van der Waals surface area contributed by atoms with Crippen molar-refractivity contribution >= 4 is 0 Å². The predicted molar refractivity (Wildman–Crippen MR) is 61.9 cm³/mol. The van der Waals surface area contributed by atoms with Crippen molar-refractivity contribution in [3.63, 3.8) is 0 Å². The summed E-state index contributed by atoms with van der Waals surface area (Å²) in [5.74, 6) is 1.46. The second kappa shape index (κ2) is 3.75. The highest BCUT2D eigenvalue weighted by molar-refractivity contribution is 5.45. The molecule has 2 heterocycles. The first-order chi connectivity index (χ1) is 7.79. The molecule has 0 aliphatic carbocycles. The zero-order valence-corrected chi connectivity index (χ0v) is 9.75. The topological polar surface area (TPSA) is 30.5 Å². The minimum atomic E-state index is 0.346. The van der Waals surface area contributed by atoms with Crippen molar-refractivity contribution in [3.8, 4) is 5.75 Å². The van der Waals surface area contributed by atoms with Crippen LogP contribution >= 0.6 is 0 Å². The molecule has 2 aliphatic heterocycles. The van der Waals surface area contributed by atoms with Crippen LogP contribution in [0, 0.1) is 6.92 Å². The van der Waals surface area contributed by atoms with Crippen molar-refractivity contribution in [2.24, 2.45) is 0 Å². The lowest BCUT2D eigenvalue weighted by molar-refractivity contribution is 0.0295. The van der Waals surface area contributed by atoms with Gasteiger partial charge in [0.25, 0.3) is 0 Å². The van der Waals surface area contributed by atoms with Gasteiger partial charge in [0.1, 0.15) is 5.75 Å². The van der Waals surface area contributed by atoms with Crippen LogP contribution in [0.15, 0.2) is 12.1 Å². The first-order valence-electron chi connectivity index (χ1n) is 5.79. The largest absolute Gasteiger partial charge is 0.497 e. The van der Waals surface area contributed by atoms with E-state index in [1.54, 1.807) is 7.11 Å². The van der Waals surface area contributed by atoms with Gasteiger partial charge in [-0.3, -0.25) is 0 Å². The number of aryl methyl sites for hydroxylation is 1. The van der Waals surface area contributed by atoms with Gasteiger partial charge >= 0.3 is 0 Å². The summed E-state index contributed by atoms with van der Waals surface area (Å²) < 4.78 is 11.2. The minimum absolute atomic E-state index is 0.346. The second-order valence-corrected chi connectivity index (χ2v) is 4.63. The number of hydrogen-bond acceptors (Lipinski definition) is 3. The van der Waals surface area contributed by atoms with Crippen molar-refractivity contribution in [3.05, 3.63) is 28.8 Å². The maximum Gasteiger partial charge on any atom is 0.119 e. The zero-order valence-electron chi connectivity index (χ0n) is 9.75. The van der Waals surface area contributed by atoms with E-state index in [0.29, 0.717) is 12.0 Å². The van der Waals surface area contributed by atoms with E-state index < -0.39 is 0 Å². The summed E-state index contributed by atoms with van der Waals surface area (Å²) >= 11 is 0. The number of nitrogens with one attached hydrogen (secondary N) is 1. The van der Waals surface area contributed by atoms with Crippen LogP contribution in [-0.2, 0) is 11.3 Å². The van der Waals surface area contributed by atoms with E-state index in [-0.39, 0.29) is 0 Å². The normalized spacial score (nSPS) is 27.4. The molecule has 0 aromatic heterocycles. The van der Waals surface area contributed by atoms with Crippen molar-refractivity contribution in [2.45, 2.75) is 25.6 Å². The zero-order chi connectivity index (χ0) is 11.1. The van der Waals surface area contributed by atoms with Crippen molar-refractivity contribution < 1.29 is 9.47 Å². The number of fused-ring (bicyclic) bond motifs is 3. The molecule has 2 aliphatic rings. The molecule has 86 valence electrons. The lowest BCUT2D eigenvalue weighted by atomic mass is 9.87. The number of ether oxygens (including phenoxy) is 2. The average Bonchev–Trinajstić information content (AvgIpc) is 2.77. The fourth-order valence-corrected chi connectivity index (χ4v) is 2.79. The minimum Gasteiger partial charge on any atom is -0.497 e. The Morgan fingerprint density at radius 2 is 2.25 bits per heavy atom. The van der Waals surface area contributed by atoms with Crippen molar-refractivity contribution in [1.29, 1.82) is 0 Å². The first kappa shape index (κ1) is 10.1. The van der Waals surface area contributed by atoms with Gasteiger partial charge in [0.2, 0.25) is 0 Å². The van der Waals surface area contributed by atoms with E-state index >= 15 is 0 Å². The quantitative estimate of drug-likeness (QED) is 0.778. The third kappa shape index (κ3) is 1.43. The fraction of sp³-hybridized carbons (Fsp3) is 0.538. The molecule has 1 N–H and O–H groups in total. The summed E-state index contributed by atoms with van der Waals surface area (Å²) in [7, 11) is 1.73. The molecule has 1 aromatic carbocycles. The van der Waals surface area contributed by atoms with Crippen LogP contribution < -0.4 is 10.1 Å². The van der Waals surface area contributed by atoms with Gasteiger partial charge in [-0.2, -0.15) is 0 Å². The number of rotatable bonds is 1. The maximum absolute atomic E-state index is 5.88. The average molecular weight is 219 g/mol. The Hall–Kier alpha value is -1.06. The van der Waals surface area contributed by atoms with E-state index in [1.165, 1.54) is 16.7 Å². The molecule has 3 rings (SSSR count). The fourth-order valence-electron chi connectivity index (χ4n) is 2.79. The van der Waals surface area contributed by atoms with Gasteiger partial charge in [-0.15, -0.1) is 0 Å². The van der Waals surface area contributed by atoms with Crippen LogP contribution in [0.1, 0.15) is 22.6 Å². The van der Waals surface area contributed by atoms with E-state index in [9.17, 15) is 0 Å². The summed E-state index contributed by atoms with van der Waals surface area (Å²) in [6, 6.07) is 4.26. The van der Waals surface area contributed by atoms with Crippen molar-refractivity contribution in [1.82, 2.24) is 5.32 Å². The van der Waals surface area contributed by atoms with E-state index in [1.807, 2.05) is 0 Å². The molecule has 0 spiro atoms. The molecule has 0 unspecified atom stereocenters. The molecule has 3 heteroatoms. The number of hydrogen-bond donors (Lipinski definition) is 1. The highest BCUT2D eigenvalue weighted by atomic mass is 16.5. The lowest BCUT2D eigenvalue weighted by Crippen LogP contribution is -2.27. The number of benzene rings is 1. The van der Waals surface area contributed by atoms with Crippen LogP contribution in [0.3, 0.4) is 0 Å². The van der Waals surface area contributed by atoms with Gasteiger partial charge in [-0.25, -0.2) is 0 Å². The molecule has 0 amide bonds. The molecule has 2 atom stereocenters. The van der Waals surface area contributed by atoms with Gasteiger partial charge in [0.05, 0.1) is 19.8 Å². The van der Waals surface area contributed by atoms with Gasteiger partial charge in [0, 0.05) is 19.0 Å². The molecular weight excluding hydrogens is 202 g/mol. The Labute approximate surface area is 95.8 Å². The second-order valence-electron chi connectivity index (χ2n) is 4.63. The Bertz CT molecular complexity index is 417. The Morgan fingerprint density at radius 3 is 3.06 bits per heavy atom. The van der Waals surface area contributed by atoms with Gasteiger partial charge in [-0.1, -0.05) is 0 Å². The van der Waals surface area contributed by atoms with Crippen LogP contribution in [0.25, 0.3) is 0 Å². The van der Waals surface area contributed by atoms with Crippen molar-refractivity contribution in [2.75, 3.05) is 20.2 Å². The van der Waals surface area contributed by atoms with E-state index in [2.05, 4.69) is 24.4 Å². The third-order valence-electron chi connectivity index (χ3n) is 3.72. The summed E-state index contributed by atoms with van der Waals surface area (Å²) in [4.78, 5) is 0. The Morgan fingerprint density at radius 1 is 1.38 bits per heavy atom. The Balaban J connectivity index is 2.09. The highest BCUT2D eigenvalue weighted by Crippen LogP contribution is 2.37. The first-order valence-corrected chi connectivity index (χ1v) is 5.79. The molecule has 0 bridgehead atoms.